The van der Waals surface area contributed by atoms with Crippen LogP contribution in [-0.4, -0.2) is 26.8 Å². The van der Waals surface area contributed by atoms with E-state index in [4.69, 9.17) is 0 Å². The first-order valence-corrected chi connectivity index (χ1v) is 11.7. The third kappa shape index (κ3) is 2.81. The van der Waals surface area contributed by atoms with E-state index in [-0.39, 0.29) is 11.5 Å². The predicted molar refractivity (Wildman–Crippen MR) is 114 cm³/mol. The second kappa shape index (κ2) is 6.54. The van der Waals surface area contributed by atoms with Crippen molar-refractivity contribution in [1.82, 2.24) is 9.78 Å². The average molecular weight is 397 g/mol. The molecule has 1 heterocycles. The smallest absolute Gasteiger partial charge is 0.165 e. The number of hydrogen-bond donors (Lipinski definition) is 1. The highest BCUT2D eigenvalue weighted by molar-refractivity contribution is 6.06. The SMILES string of the molecule is Cc1nn(C)cc1/C=C1\C[C@H]2[C@@H]3CC[C@H]4C[C@H](O)CC[C@]4(C)[C@H]3CC[C@]2(C)C1=O. The van der Waals surface area contributed by atoms with Crippen molar-refractivity contribution >= 4 is 11.9 Å². The number of aromatic nitrogens is 2. The van der Waals surface area contributed by atoms with Gasteiger partial charge in [-0.25, -0.2) is 0 Å². The van der Waals surface area contributed by atoms with Crippen molar-refractivity contribution < 1.29 is 9.90 Å². The summed E-state index contributed by atoms with van der Waals surface area (Å²) in [6.07, 6.45) is 12.8. The molecule has 0 spiro atoms. The van der Waals surface area contributed by atoms with Crippen LogP contribution in [0, 0.1) is 41.4 Å². The third-order valence-corrected chi connectivity index (χ3v) is 9.66. The van der Waals surface area contributed by atoms with E-state index >= 15 is 0 Å². The van der Waals surface area contributed by atoms with Crippen molar-refractivity contribution in [2.75, 3.05) is 0 Å². The average Bonchev–Trinajstić information content (AvgIpc) is 3.12. The normalized spacial score (nSPS) is 45.8. The molecule has 0 radical (unpaired) electrons. The second-order valence-electron chi connectivity index (χ2n) is 11.1. The molecule has 0 saturated heterocycles. The Morgan fingerprint density at radius 2 is 1.97 bits per heavy atom. The van der Waals surface area contributed by atoms with Crippen molar-refractivity contribution in [1.29, 1.82) is 0 Å². The van der Waals surface area contributed by atoms with Crippen LogP contribution < -0.4 is 0 Å². The molecule has 0 bridgehead atoms. The van der Waals surface area contributed by atoms with Gasteiger partial charge in [-0.1, -0.05) is 13.8 Å². The minimum atomic E-state index is -0.180. The van der Waals surface area contributed by atoms with Gasteiger partial charge in [0, 0.05) is 24.2 Å². The minimum Gasteiger partial charge on any atom is -0.393 e. The molecule has 0 amide bonds. The molecule has 158 valence electrons. The Kier molecular flexibility index (Phi) is 4.40. The molecule has 5 rings (SSSR count). The number of allylic oxidation sites excluding steroid dienone is 1. The summed E-state index contributed by atoms with van der Waals surface area (Å²) >= 11 is 0. The quantitative estimate of drug-likeness (QED) is 0.701. The summed E-state index contributed by atoms with van der Waals surface area (Å²) in [7, 11) is 1.94. The molecule has 1 aromatic heterocycles. The van der Waals surface area contributed by atoms with E-state index in [0.717, 1.165) is 54.9 Å². The number of rotatable bonds is 1. The van der Waals surface area contributed by atoms with Gasteiger partial charge < -0.3 is 5.11 Å². The Morgan fingerprint density at radius 1 is 1.17 bits per heavy atom. The number of carbonyl (C=O) groups excluding carboxylic acids is 1. The third-order valence-electron chi connectivity index (χ3n) is 9.66. The highest BCUT2D eigenvalue weighted by Gasteiger charge is 2.61. The molecule has 4 saturated carbocycles. The molecule has 0 unspecified atom stereocenters. The minimum absolute atomic E-state index is 0.0937. The highest BCUT2D eigenvalue weighted by Crippen LogP contribution is 2.66. The first-order chi connectivity index (χ1) is 13.7. The van der Waals surface area contributed by atoms with Gasteiger partial charge in [-0.05, 0) is 99.0 Å². The molecule has 4 heteroatoms. The molecule has 0 aliphatic heterocycles. The Labute approximate surface area is 174 Å². The first-order valence-electron chi connectivity index (χ1n) is 11.7. The second-order valence-corrected chi connectivity index (χ2v) is 11.1. The van der Waals surface area contributed by atoms with Crippen molar-refractivity contribution in [2.45, 2.75) is 78.2 Å². The lowest BCUT2D eigenvalue weighted by Crippen LogP contribution is -2.54. The van der Waals surface area contributed by atoms with E-state index in [1.807, 2.05) is 24.9 Å². The zero-order chi connectivity index (χ0) is 20.6. The molecule has 1 N–H and O–H groups in total. The van der Waals surface area contributed by atoms with Crippen LogP contribution in [0.25, 0.3) is 6.08 Å². The van der Waals surface area contributed by atoms with Crippen LogP contribution in [0.3, 0.4) is 0 Å². The molecule has 0 aromatic carbocycles. The van der Waals surface area contributed by atoms with Crippen LogP contribution in [-0.2, 0) is 11.8 Å². The van der Waals surface area contributed by atoms with Crippen LogP contribution in [0.4, 0.5) is 0 Å². The number of aliphatic hydroxyl groups is 1. The maximum Gasteiger partial charge on any atom is 0.165 e. The van der Waals surface area contributed by atoms with E-state index in [9.17, 15) is 9.90 Å². The summed E-state index contributed by atoms with van der Waals surface area (Å²) < 4.78 is 1.84. The topological polar surface area (TPSA) is 55.1 Å². The van der Waals surface area contributed by atoms with Crippen molar-refractivity contribution in [3.05, 3.63) is 23.0 Å². The monoisotopic (exact) mass is 396 g/mol. The zero-order valence-corrected chi connectivity index (χ0v) is 18.4. The summed E-state index contributed by atoms with van der Waals surface area (Å²) in [5.41, 5.74) is 3.30. The largest absolute Gasteiger partial charge is 0.393 e. The van der Waals surface area contributed by atoms with Gasteiger partial charge in [0.1, 0.15) is 0 Å². The molecular weight excluding hydrogens is 360 g/mol. The van der Waals surface area contributed by atoms with Crippen molar-refractivity contribution in [2.24, 2.45) is 41.5 Å². The van der Waals surface area contributed by atoms with E-state index in [0.29, 0.717) is 29.0 Å². The van der Waals surface area contributed by atoms with Gasteiger partial charge >= 0.3 is 0 Å². The lowest BCUT2D eigenvalue weighted by molar-refractivity contribution is -0.141. The number of ketones is 1. The zero-order valence-electron chi connectivity index (χ0n) is 18.4. The summed E-state index contributed by atoms with van der Waals surface area (Å²) in [5, 5.41) is 14.7. The fourth-order valence-electron chi connectivity index (χ4n) is 7.98. The lowest BCUT2D eigenvalue weighted by atomic mass is 9.45. The van der Waals surface area contributed by atoms with Gasteiger partial charge in [-0.3, -0.25) is 9.48 Å². The number of carbonyl (C=O) groups is 1. The van der Waals surface area contributed by atoms with Gasteiger partial charge in [-0.15, -0.1) is 0 Å². The molecule has 29 heavy (non-hydrogen) atoms. The molecule has 4 nitrogen and oxygen atoms in total. The Hall–Kier alpha value is -1.42. The van der Waals surface area contributed by atoms with Gasteiger partial charge in [-0.2, -0.15) is 5.10 Å². The van der Waals surface area contributed by atoms with Gasteiger partial charge in [0.05, 0.1) is 11.8 Å². The molecule has 4 fully saturated rings. The first kappa shape index (κ1) is 19.5. The number of nitrogens with zero attached hydrogens (tertiary/aromatic N) is 2. The Balaban J connectivity index is 1.46. The molecule has 4 aliphatic carbocycles. The van der Waals surface area contributed by atoms with Gasteiger partial charge in [0.2, 0.25) is 0 Å². The summed E-state index contributed by atoms with van der Waals surface area (Å²) in [5.74, 6) is 2.94. The van der Waals surface area contributed by atoms with E-state index < -0.39 is 0 Å². The summed E-state index contributed by atoms with van der Waals surface area (Å²) in [4.78, 5) is 13.5. The van der Waals surface area contributed by atoms with Gasteiger partial charge in [0.25, 0.3) is 0 Å². The highest BCUT2D eigenvalue weighted by atomic mass is 16.3. The Bertz CT molecular complexity index is 870. The van der Waals surface area contributed by atoms with Crippen LogP contribution in [0.15, 0.2) is 11.8 Å². The number of aliphatic hydroxyl groups excluding tert-OH is 1. The van der Waals surface area contributed by atoms with Gasteiger partial charge in [0.15, 0.2) is 5.78 Å². The van der Waals surface area contributed by atoms with E-state index in [2.05, 4.69) is 25.0 Å². The van der Waals surface area contributed by atoms with E-state index in [1.165, 1.54) is 19.3 Å². The van der Waals surface area contributed by atoms with Crippen LogP contribution in [0.5, 0.6) is 0 Å². The maximum absolute atomic E-state index is 13.5. The number of aryl methyl sites for hydroxylation is 2. The summed E-state index contributed by atoms with van der Waals surface area (Å²) in [6, 6.07) is 0. The van der Waals surface area contributed by atoms with Crippen LogP contribution in [0.2, 0.25) is 0 Å². The van der Waals surface area contributed by atoms with Crippen molar-refractivity contribution in [3.8, 4) is 0 Å². The lowest BCUT2D eigenvalue weighted by Gasteiger charge is -2.59. The van der Waals surface area contributed by atoms with Crippen molar-refractivity contribution in [3.63, 3.8) is 0 Å². The Morgan fingerprint density at radius 3 is 2.69 bits per heavy atom. The maximum atomic E-state index is 13.5. The fraction of sp³-hybridized carbons (Fsp3) is 0.760. The van der Waals surface area contributed by atoms with Crippen LogP contribution in [0.1, 0.15) is 76.5 Å². The predicted octanol–water partition coefficient (Wildman–Crippen LogP) is 4.69. The standard InChI is InChI=1S/C25H36N2O2/c1-15-17(14-27(4)26-15)11-16-12-22-20-6-5-18-13-19(28)7-9-24(18,2)21(20)8-10-25(22,3)23(16)29/h11,14,18-22,28H,5-10,12-13H2,1-4H3/b16-11+/t18-,19+,20+,21-,22-,24-,25-/m0/s1. The number of fused-ring (bicyclic) bond motifs is 5. The number of hydrogen-bond acceptors (Lipinski definition) is 3. The number of Topliss-reactive ketones (excluding diaryl/α,β-unsaturated/α-hetero) is 1. The van der Waals surface area contributed by atoms with Crippen LogP contribution >= 0.6 is 0 Å². The molecular formula is C25H36N2O2. The molecule has 1 aromatic rings. The molecule has 7 atom stereocenters. The van der Waals surface area contributed by atoms with E-state index in [1.54, 1.807) is 0 Å². The molecule has 4 aliphatic rings. The summed E-state index contributed by atoms with van der Waals surface area (Å²) in [6.45, 7) is 6.79. The fourth-order valence-corrected chi connectivity index (χ4v) is 7.98.